The van der Waals surface area contributed by atoms with E-state index in [-0.39, 0.29) is 0 Å². The van der Waals surface area contributed by atoms with Gasteiger partial charge in [0.05, 0.1) is 0 Å². The molecule has 1 saturated carbocycles. The molecule has 0 aromatic carbocycles. The molecular weight excluding hydrogens is 236 g/mol. The molecule has 2 atom stereocenters. The first-order valence-corrected chi connectivity index (χ1v) is 8.21. The first kappa shape index (κ1) is 15.3. The van der Waals surface area contributed by atoms with Gasteiger partial charge >= 0.3 is 0 Å². The molecule has 3 heteroatoms. The van der Waals surface area contributed by atoms with Crippen molar-refractivity contribution >= 4 is 0 Å². The Bertz CT molecular complexity index is 263. The summed E-state index contributed by atoms with van der Waals surface area (Å²) in [5.74, 6) is 1.57. The van der Waals surface area contributed by atoms with Crippen LogP contribution in [0, 0.1) is 11.8 Å². The van der Waals surface area contributed by atoms with Crippen LogP contribution < -0.4 is 5.73 Å². The molecule has 3 nitrogen and oxygen atoms in total. The van der Waals surface area contributed by atoms with Crippen molar-refractivity contribution in [2.45, 2.75) is 57.4 Å². The molecule has 2 unspecified atom stereocenters. The van der Waals surface area contributed by atoms with Crippen LogP contribution in [0.1, 0.15) is 51.9 Å². The maximum Gasteiger partial charge on any atom is 0.0491 e. The third-order valence-electron chi connectivity index (χ3n) is 5.67. The summed E-state index contributed by atoms with van der Waals surface area (Å²) in [5.41, 5.74) is 6.57. The lowest BCUT2D eigenvalue weighted by Crippen LogP contribution is -2.61. The maximum absolute atomic E-state index is 6.26. The molecule has 2 aliphatic rings. The van der Waals surface area contributed by atoms with Gasteiger partial charge < -0.3 is 10.5 Å². The van der Waals surface area contributed by atoms with E-state index in [1.807, 2.05) is 7.11 Å². The van der Waals surface area contributed by atoms with E-state index < -0.39 is 0 Å². The largest absolute Gasteiger partial charge is 0.384 e. The predicted molar refractivity (Wildman–Crippen MR) is 80.2 cm³/mol. The van der Waals surface area contributed by atoms with Crippen LogP contribution in [0.2, 0.25) is 0 Å². The van der Waals surface area contributed by atoms with Crippen molar-refractivity contribution in [3.05, 3.63) is 0 Å². The van der Waals surface area contributed by atoms with Crippen molar-refractivity contribution in [2.24, 2.45) is 17.6 Å². The summed E-state index contributed by atoms with van der Waals surface area (Å²) in [6.45, 7) is 6.57. The molecule has 0 radical (unpaired) electrons. The molecule has 0 bridgehead atoms. The highest BCUT2D eigenvalue weighted by atomic mass is 16.5. The van der Waals surface area contributed by atoms with E-state index in [0.29, 0.717) is 5.54 Å². The summed E-state index contributed by atoms with van der Waals surface area (Å²) in [6, 6.07) is 0. The summed E-state index contributed by atoms with van der Waals surface area (Å²) in [6.07, 6.45) is 9.32. The monoisotopic (exact) mass is 268 g/mol. The van der Waals surface area contributed by atoms with Crippen molar-refractivity contribution < 1.29 is 4.74 Å². The Morgan fingerprint density at radius 1 is 1.21 bits per heavy atom. The third-order valence-corrected chi connectivity index (χ3v) is 5.67. The lowest BCUT2D eigenvalue weighted by atomic mass is 9.69. The van der Waals surface area contributed by atoms with Gasteiger partial charge in [-0.2, -0.15) is 0 Å². The Labute approximate surface area is 118 Å². The zero-order valence-electron chi connectivity index (χ0n) is 12.9. The Morgan fingerprint density at radius 3 is 2.53 bits per heavy atom. The van der Waals surface area contributed by atoms with Gasteiger partial charge in [0, 0.05) is 25.8 Å². The molecule has 0 aromatic rings. The Balaban J connectivity index is 2.01. The van der Waals surface area contributed by atoms with Gasteiger partial charge in [-0.15, -0.1) is 0 Å². The van der Waals surface area contributed by atoms with Crippen LogP contribution in [-0.2, 0) is 4.74 Å². The number of rotatable bonds is 5. The van der Waals surface area contributed by atoms with Gasteiger partial charge in [-0.25, -0.2) is 0 Å². The SMILES string of the molecule is CCC1CCCCC1(CN)N1CCC(COC)CC1. The Kier molecular flexibility index (Phi) is 5.67. The fourth-order valence-electron chi connectivity index (χ4n) is 4.47. The fraction of sp³-hybridized carbons (Fsp3) is 1.00. The van der Waals surface area contributed by atoms with Crippen molar-refractivity contribution in [3.8, 4) is 0 Å². The number of methoxy groups -OCH3 is 1. The molecule has 1 heterocycles. The highest BCUT2D eigenvalue weighted by molar-refractivity contribution is 5.00. The highest BCUT2D eigenvalue weighted by Gasteiger charge is 2.44. The standard InChI is InChI=1S/C16H32N2O/c1-3-15-6-4-5-9-16(15,13-17)18-10-7-14(8-11-18)12-19-2/h14-15H,3-13,17H2,1-2H3. The summed E-state index contributed by atoms with van der Waals surface area (Å²) in [5, 5.41) is 0. The highest BCUT2D eigenvalue weighted by Crippen LogP contribution is 2.41. The van der Waals surface area contributed by atoms with Crippen molar-refractivity contribution in [3.63, 3.8) is 0 Å². The average Bonchev–Trinajstić information content (AvgIpc) is 2.48. The normalized spacial score (nSPS) is 34.6. The summed E-state index contributed by atoms with van der Waals surface area (Å²) >= 11 is 0. The molecular formula is C16H32N2O. The molecule has 0 amide bonds. The summed E-state index contributed by atoms with van der Waals surface area (Å²) in [4.78, 5) is 2.74. The van der Waals surface area contributed by atoms with E-state index in [1.54, 1.807) is 0 Å². The lowest BCUT2D eigenvalue weighted by molar-refractivity contribution is -0.0249. The zero-order chi connectivity index (χ0) is 13.7. The third kappa shape index (κ3) is 3.14. The minimum Gasteiger partial charge on any atom is -0.384 e. The van der Waals surface area contributed by atoms with E-state index in [2.05, 4.69) is 11.8 Å². The molecule has 2 fully saturated rings. The molecule has 1 saturated heterocycles. The van der Waals surface area contributed by atoms with Gasteiger partial charge in [-0.1, -0.05) is 26.2 Å². The van der Waals surface area contributed by atoms with Gasteiger partial charge in [0.1, 0.15) is 0 Å². The molecule has 1 aliphatic carbocycles. The second kappa shape index (κ2) is 7.05. The quantitative estimate of drug-likeness (QED) is 0.833. The van der Waals surface area contributed by atoms with E-state index in [0.717, 1.165) is 25.0 Å². The van der Waals surface area contributed by atoms with Crippen LogP contribution in [0.15, 0.2) is 0 Å². The van der Waals surface area contributed by atoms with Crippen LogP contribution in [0.3, 0.4) is 0 Å². The zero-order valence-corrected chi connectivity index (χ0v) is 12.9. The smallest absolute Gasteiger partial charge is 0.0491 e. The van der Waals surface area contributed by atoms with E-state index >= 15 is 0 Å². The van der Waals surface area contributed by atoms with Gasteiger partial charge in [0.25, 0.3) is 0 Å². The van der Waals surface area contributed by atoms with Crippen molar-refractivity contribution in [1.82, 2.24) is 4.90 Å². The number of nitrogens with two attached hydrogens (primary N) is 1. The minimum atomic E-state index is 0.311. The van der Waals surface area contributed by atoms with Gasteiger partial charge in [-0.05, 0) is 50.6 Å². The summed E-state index contributed by atoms with van der Waals surface area (Å²) in [7, 11) is 1.82. The molecule has 0 spiro atoms. The van der Waals surface area contributed by atoms with Crippen LogP contribution in [0.5, 0.6) is 0 Å². The summed E-state index contributed by atoms with van der Waals surface area (Å²) < 4.78 is 5.31. The first-order chi connectivity index (χ1) is 9.26. The van der Waals surface area contributed by atoms with Crippen LogP contribution in [0.4, 0.5) is 0 Å². The van der Waals surface area contributed by atoms with E-state index in [9.17, 15) is 0 Å². The molecule has 0 aromatic heterocycles. The number of hydrogen-bond donors (Lipinski definition) is 1. The molecule has 112 valence electrons. The molecule has 2 rings (SSSR count). The van der Waals surface area contributed by atoms with Crippen LogP contribution in [-0.4, -0.2) is 43.8 Å². The number of nitrogens with zero attached hydrogens (tertiary/aromatic N) is 1. The number of hydrogen-bond acceptors (Lipinski definition) is 3. The minimum absolute atomic E-state index is 0.311. The molecule has 19 heavy (non-hydrogen) atoms. The number of piperidine rings is 1. The molecule has 2 N–H and O–H groups in total. The van der Waals surface area contributed by atoms with Crippen molar-refractivity contribution in [2.75, 3.05) is 33.4 Å². The van der Waals surface area contributed by atoms with Gasteiger partial charge in [0.15, 0.2) is 0 Å². The van der Waals surface area contributed by atoms with Crippen LogP contribution in [0.25, 0.3) is 0 Å². The Morgan fingerprint density at radius 2 is 1.95 bits per heavy atom. The van der Waals surface area contributed by atoms with E-state index in [1.165, 1.54) is 58.0 Å². The maximum atomic E-state index is 6.26. The molecule has 1 aliphatic heterocycles. The Hall–Kier alpha value is -0.120. The van der Waals surface area contributed by atoms with Gasteiger partial charge in [-0.3, -0.25) is 4.90 Å². The van der Waals surface area contributed by atoms with Crippen LogP contribution >= 0.6 is 0 Å². The number of likely N-dealkylation sites (tertiary alicyclic amines) is 1. The number of ether oxygens (including phenoxy) is 1. The van der Waals surface area contributed by atoms with Gasteiger partial charge in [0.2, 0.25) is 0 Å². The predicted octanol–water partition coefficient (Wildman–Crippen LogP) is 2.64. The first-order valence-electron chi connectivity index (χ1n) is 8.21. The second-order valence-corrected chi connectivity index (χ2v) is 6.54. The van der Waals surface area contributed by atoms with E-state index in [4.69, 9.17) is 10.5 Å². The topological polar surface area (TPSA) is 38.5 Å². The average molecular weight is 268 g/mol. The lowest BCUT2D eigenvalue weighted by Gasteiger charge is -2.53. The second-order valence-electron chi connectivity index (χ2n) is 6.54. The van der Waals surface area contributed by atoms with Crippen molar-refractivity contribution in [1.29, 1.82) is 0 Å². The fourth-order valence-corrected chi connectivity index (χ4v) is 4.47.